The number of rotatable bonds is 4. The van der Waals surface area contributed by atoms with Crippen LogP contribution in [0.5, 0.6) is 0 Å². The van der Waals surface area contributed by atoms with Crippen LogP contribution in [0.3, 0.4) is 0 Å². The molecule has 0 aliphatic carbocycles. The Morgan fingerprint density at radius 2 is 2.30 bits per heavy atom. The van der Waals surface area contributed by atoms with Crippen molar-refractivity contribution in [1.29, 1.82) is 0 Å². The molecule has 8 heteroatoms. The molecule has 0 aromatic carbocycles. The predicted molar refractivity (Wildman–Crippen MR) is 77.3 cm³/mol. The van der Waals surface area contributed by atoms with E-state index in [9.17, 15) is 8.42 Å². The van der Waals surface area contributed by atoms with Gasteiger partial charge < -0.3 is 4.90 Å². The van der Waals surface area contributed by atoms with E-state index in [-0.39, 0.29) is 10.9 Å². The van der Waals surface area contributed by atoms with Crippen molar-refractivity contribution in [2.75, 3.05) is 18.0 Å². The third-order valence-corrected chi connectivity index (χ3v) is 5.48. The summed E-state index contributed by atoms with van der Waals surface area (Å²) in [5.74, 6) is 0. The van der Waals surface area contributed by atoms with Crippen LogP contribution in [0, 0.1) is 0 Å². The van der Waals surface area contributed by atoms with Crippen molar-refractivity contribution in [3.8, 4) is 0 Å². The zero-order valence-corrected chi connectivity index (χ0v) is 12.3. The second-order valence-corrected chi connectivity index (χ2v) is 7.14. The minimum Gasteiger partial charge on any atom is -0.346 e. The second-order valence-electron chi connectivity index (χ2n) is 4.56. The molecule has 1 N–H and O–H groups in total. The Morgan fingerprint density at radius 1 is 1.40 bits per heavy atom. The summed E-state index contributed by atoms with van der Waals surface area (Å²) >= 11 is 1.56. The van der Waals surface area contributed by atoms with Crippen molar-refractivity contribution in [2.45, 2.75) is 17.4 Å². The van der Waals surface area contributed by atoms with Gasteiger partial charge >= 0.3 is 0 Å². The summed E-state index contributed by atoms with van der Waals surface area (Å²) in [5.41, 5.74) is 0. The van der Waals surface area contributed by atoms with E-state index in [2.05, 4.69) is 19.6 Å². The Bertz CT molecular complexity index is 658. The van der Waals surface area contributed by atoms with Crippen LogP contribution in [-0.4, -0.2) is 37.5 Å². The molecule has 0 unspecified atom stereocenters. The number of hydrogen-bond donors (Lipinski definition) is 1. The Labute approximate surface area is 121 Å². The summed E-state index contributed by atoms with van der Waals surface area (Å²) in [5, 5.41) is 2.86. The van der Waals surface area contributed by atoms with E-state index in [4.69, 9.17) is 0 Å². The first-order valence-electron chi connectivity index (χ1n) is 6.22. The Morgan fingerprint density at radius 3 is 3.00 bits per heavy atom. The van der Waals surface area contributed by atoms with Crippen LogP contribution in [0.4, 0.5) is 5.13 Å². The van der Waals surface area contributed by atoms with Gasteiger partial charge in [-0.25, -0.2) is 18.1 Å². The standard InChI is InChI=1S/C12H14N4O2S2/c17-20(18,11-2-1-4-13-8-11)15-10-3-6-16(9-10)12-14-5-7-19-12/h1-2,4-5,7-8,10,15H,3,6,9H2/t10-/m0/s1. The number of sulfonamides is 1. The molecule has 1 atom stereocenters. The first-order valence-corrected chi connectivity index (χ1v) is 8.58. The second kappa shape index (κ2) is 5.47. The number of nitrogens with zero attached hydrogens (tertiary/aromatic N) is 3. The van der Waals surface area contributed by atoms with Gasteiger partial charge in [-0.2, -0.15) is 0 Å². The molecule has 0 saturated carbocycles. The predicted octanol–water partition coefficient (Wildman–Crippen LogP) is 1.10. The summed E-state index contributed by atoms with van der Waals surface area (Å²) in [6, 6.07) is 3.07. The van der Waals surface area contributed by atoms with Crippen LogP contribution in [0.1, 0.15) is 6.42 Å². The van der Waals surface area contributed by atoms with Crippen LogP contribution >= 0.6 is 11.3 Å². The largest absolute Gasteiger partial charge is 0.346 e. The fourth-order valence-corrected chi connectivity index (χ4v) is 4.10. The first-order chi connectivity index (χ1) is 9.65. The van der Waals surface area contributed by atoms with E-state index >= 15 is 0 Å². The van der Waals surface area contributed by atoms with Gasteiger partial charge in [0.25, 0.3) is 0 Å². The molecule has 106 valence electrons. The fourth-order valence-electron chi connectivity index (χ4n) is 2.20. The SMILES string of the molecule is O=S(=O)(N[C@H]1CCN(c2nccs2)C1)c1cccnc1. The highest BCUT2D eigenvalue weighted by molar-refractivity contribution is 7.89. The molecule has 2 aromatic rings. The van der Waals surface area contributed by atoms with Crippen molar-refractivity contribution in [3.63, 3.8) is 0 Å². The molecule has 20 heavy (non-hydrogen) atoms. The average Bonchev–Trinajstić information content (AvgIpc) is 3.10. The van der Waals surface area contributed by atoms with Crippen molar-refractivity contribution in [1.82, 2.24) is 14.7 Å². The summed E-state index contributed by atoms with van der Waals surface area (Å²) in [6.07, 6.45) is 5.45. The minimum absolute atomic E-state index is 0.0934. The van der Waals surface area contributed by atoms with E-state index in [1.165, 1.54) is 6.20 Å². The Hall–Kier alpha value is -1.51. The topological polar surface area (TPSA) is 75.2 Å². The molecule has 0 bridgehead atoms. The quantitative estimate of drug-likeness (QED) is 0.915. The molecule has 1 fully saturated rings. The zero-order chi connectivity index (χ0) is 14.0. The van der Waals surface area contributed by atoms with E-state index in [1.807, 2.05) is 5.38 Å². The van der Waals surface area contributed by atoms with E-state index < -0.39 is 10.0 Å². The van der Waals surface area contributed by atoms with Gasteiger partial charge in [0.05, 0.1) is 0 Å². The molecule has 3 rings (SSSR count). The average molecular weight is 310 g/mol. The first kappa shape index (κ1) is 13.5. The molecule has 3 heterocycles. The summed E-state index contributed by atoms with van der Waals surface area (Å²) in [7, 11) is -3.49. The van der Waals surface area contributed by atoms with Gasteiger partial charge in [0.15, 0.2) is 5.13 Å². The number of aromatic nitrogens is 2. The fraction of sp³-hybridized carbons (Fsp3) is 0.333. The molecule has 0 amide bonds. The molecule has 1 saturated heterocycles. The number of nitrogens with one attached hydrogen (secondary N) is 1. The molecule has 2 aromatic heterocycles. The Balaban J connectivity index is 1.68. The maximum absolute atomic E-state index is 12.2. The highest BCUT2D eigenvalue weighted by atomic mass is 32.2. The Kier molecular flexibility index (Phi) is 3.68. The highest BCUT2D eigenvalue weighted by Gasteiger charge is 2.28. The van der Waals surface area contributed by atoms with Crippen LogP contribution in [0.15, 0.2) is 41.0 Å². The molecule has 0 spiro atoms. The van der Waals surface area contributed by atoms with Gasteiger partial charge in [0.1, 0.15) is 4.90 Å². The summed E-state index contributed by atoms with van der Waals surface area (Å²) < 4.78 is 27.1. The smallest absolute Gasteiger partial charge is 0.242 e. The number of anilines is 1. The van der Waals surface area contributed by atoms with E-state index in [0.29, 0.717) is 6.54 Å². The lowest BCUT2D eigenvalue weighted by Gasteiger charge is -2.15. The molecule has 1 aliphatic heterocycles. The third-order valence-electron chi connectivity index (χ3n) is 3.14. The van der Waals surface area contributed by atoms with Gasteiger partial charge in [-0.05, 0) is 18.6 Å². The van der Waals surface area contributed by atoms with Crippen molar-refractivity contribution >= 4 is 26.5 Å². The number of thiazole rings is 1. The van der Waals surface area contributed by atoms with Crippen molar-refractivity contribution < 1.29 is 8.42 Å². The maximum atomic E-state index is 12.2. The van der Waals surface area contributed by atoms with Crippen LogP contribution in [0.2, 0.25) is 0 Å². The molecule has 0 radical (unpaired) electrons. The lowest BCUT2D eigenvalue weighted by Crippen LogP contribution is -2.37. The summed E-state index contributed by atoms with van der Waals surface area (Å²) in [6.45, 7) is 1.46. The normalized spacial score (nSPS) is 19.4. The number of hydrogen-bond acceptors (Lipinski definition) is 6. The molecular weight excluding hydrogens is 296 g/mol. The number of pyridine rings is 1. The molecule has 1 aliphatic rings. The maximum Gasteiger partial charge on any atom is 0.242 e. The van der Waals surface area contributed by atoms with Gasteiger partial charge in [-0.1, -0.05) is 0 Å². The van der Waals surface area contributed by atoms with Crippen LogP contribution in [0.25, 0.3) is 0 Å². The van der Waals surface area contributed by atoms with Gasteiger partial charge in [0, 0.05) is 43.1 Å². The monoisotopic (exact) mass is 310 g/mol. The highest BCUT2D eigenvalue weighted by Crippen LogP contribution is 2.23. The van der Waals surface area contributed by atoms with E-state index in [0.717, 1.165) is 18.1 Å². The van der Waals surface area contributed by atoms with Crippen molar-refractivity contribution in [3.05, 3.63) is 36.1 Å². The third kappa shape index (κ3) is 2.82. The summed E-state index contributed by atoms with van der Waals surface area (Å²) in [4.78, 5) is 10.4. The van der Waals surface area contributed by atoms with Crippen LogP contribution in [-0.2, 0) is 10.0 Å². The minimum atomic E-state index is -3.49. The van der Waals surface area contributed by atoms with Gasteiger partial charge in [-0.3, -0.25) is 4.98 Å². The zero-order valence-electron chi connectivity index (χ0n) is 10.6. The van der Waals surface area contributed by atoms with Gasteiger partial charge in [-0.15, -0.1) is 11.3 Å². The van der Waals surface area contributed by atoms with Crippen molar-refractivity contribution in [2.24, 2.45) is 0 Å². The molecule has 6 nitrogen and oxygen atoms in total. The lowest BCUT2D eigenvalue weighted by molar-refractivity contribution is 0.561. The lowest BCUT2D eigenvalue weighted by atomic mass is 10.3. The molecular formula is C12H14N4O2S2. The van der Waals surface area contributed by atoms with E-state index in [1.54, 1.807) is 35.9 Å². The van der Waals surface area contributed by atoms with Crippen LogP contribution < -0.4 is 9.62 Å². The van der Waals surface area contributed by atoms with Gasteiger partial charge in [0.2, 0.25) is 10.0 Å².